The molecule has 6 heteroatoms. The number of nitrogens with one attached hydrogen (secondary N) is 1. The number of aromatic nitrogens is 2. The fraction of sp³-hybridized carbons (Fsp3) is 0.450. The van der Waals surface area contributed by atoms with Gasteiger partial charge >= 0.3 is 0 Å². The van der Waals surface area contributed by atoms with Crippen molar-refractivity contribution in [2.24, 2.45) is 5.41 Å². The van der Waals surface area contributed by atoms with E-state index in [1.807, 2.05) is 62.3 Å². The fourth-order valence-electron chi connectivity index (χ4n) is 3.37. The van der Waals surface area contributed by atoms with Gasteiger partial charge in [0.15, 0.2) is 0 Å². The van der Waals surface area contributed by atoms with Crippen LogP contribution in [0.15, 0.2) is 42.7 Å². The average Bonchev–Trinajstić information content (AvgIpc) is 2.67. The number of hydrogen-bond donors (Lipinski definition) is 1. The van der Waals surface area contributed by atoms with Crippen molar-refractivity contribution in [1.29, 1.82) is 0 Å². The first-order chi connectivity index (χ1) is 12.5. The molecule has 138 valence electrons. The molecule has 0 aliphatic carbocycles. The van der Waals surface area contributed by atoms with Gasteiger partial charge in [0.05, 0.1) is 5.41 Å². The van der Waals surface area contributed by atoms with E-state index >= 15 is 0 Å². The summed E-state index contributed by atoms with van der Waals surface area (Å²) in [6.07, 6.45) is 3.44. The molecule has 1 aromatic heterocycles. The first-order valence-electron chi connectivity index (χ1n) is 9.04. The van der Waals surface area contributed by atoms with Gasteiger partial charge in [0, 0.05) is 39.8 Å². The summed E-state index contributed by atoms with van der Waals surface area (Å²) in [4.78, 5) is 25.7. The van der Waals surface area contributed by atoms with Crippen LogP contribution >= 0.6 is 0 Å². The number of carbonyl (C=O) groups is 1. The van der Waals surface area contributed by atoms with Crippen molar-refractivity contribution in [2.45, 2.75) is 26.3 Å². The number of anilines is 2. The van der Waals surface area contributed by atoms with E-state index in [1.54, 1.807) is 6.33 Å². The van der Waals surface area contributed by atoms with Gasteiger partial charge in [-0.25, -0.2) is 9.97 Å². The third-order valence-electron chi connectivity index (χ3n) is 4.96. The number of rotatable bonds is 5. The highest BCUT2D eigenvalue weighted by molar-refractivity contribution is 5.83. The molecule has 1 fully saturated rings. The molecular formula is C20H27N5O. The smallest absolute Gasteiger partial charge is 0.227 e. The van der Waals surface area contributed by atoms with Gasteiger partial charge < -0.3 is 15.1 Å². The molecular weight excluding hydrogens is 326 g/mol. The van der Waals surface area contributed by atoms with Gasteiger partial charge in [-0.2, -0.15) is 0 Å². The highest BCUT2D eigenvalue weighted by Crippen LogP contribution is 2.32. The van der Waals surface area contributed by atoms with E-state index in [0.717, 1.165) is 36.6 Å². The third kappa shape index (κ3) is 4.12. The molecule has 1 atom stereocenters. The summed E-state index contributed by atoms with van der Waals surface area (Å²) < 4.78 is 0. The van der Waals surface area contributed by atoms with Crippen LogP contribution < -0.4 is 15.1 Å². The minimum atomic E-state index is -0.420. The standard InChI is InChI=1S/C20H27N5O/c1-20(19(26)21-13-16-8-5-4-6-9-16)10-7-11-25(14-20)18-12-17(24(2)3)22-15-23-18/h4-6,8-9,12,15H,7,10-11,13-14H2,1-3H3,(H,21,26)/t20-/m0/s1. The lowest BCUT2D eigenvalue weighted by atomic mass is 9.81. The first-order valence-corrected chi connectivity index (χ1v) is 9.04. The zero-order valence-corrected chi connectivity index (χ0v) is 15.8. The Kier molecular flexibility index (Phi) is 5.40. The maximum atomic E-state index is 12.9. The van der Waals surface area contributed by atoms with Crippen molar-refractivity contribution in [2.75, 3.05) is 37.0 Å². The molecule has 2 aromatic rings. The predicted octanol–water partition coefficient (Wildman–Crippen LogP) is 2.47. The van der Waals surface area contributed by atoms with E-state index in [1.165, 1.54) is 0 Å². The monoisotopic (exact) mass is 353 g/mol. The Balaban J connectivity index is 1.68. The van der Waals surface area contributed by atoms with Crippen molar-refractivity contribution < 1.29 is 4.79 Å². The molecule has 0 unspecified atom stereocenters. The van der Waals surface area contributed by atoms with Crippen molar-refractivity contribution in [3.05, 3.63) is 48.3 Å². The van der Waals surface area contributed by atoms with Gasteiger partial charge in [0.2, 0.25) is 5.91 Å². The van der Waals surface area contributed by atoms with Crippen LogP contribution in [-0.2, 0) is 11.3 Å². The lowest BCUT2D eigenvalue weighted by Gasteiger charge is -2.40. The van der Waals surface area contributed by atoms with Crippen LogP contribution in [0.2, 0.25) is 0 Å². The Morgan fingerprint density at radius 1 is 1.27 bits per heavy atom. The molecule has 0 spiro atoms. The van der Waals surface area contributed by atoms with E-state index in [2.05, 4.69) is 20.2 Å². The van der Waals surface area contributed by atoms with E-state index in [9.17, 15) is 4.79 Å². The average molecular weight is 353 g/mol. The van der Waals surface area contributed by atoms with Gasteiger partial charge in [-0.05, 0) is 25.3 Å². The van der Waals surface area contributed by atoms with Crippen LogP contribution in [-0.4, -0.2) is 43.1 Å². The summed E-state index contributed by atoms with van der Waals surface area (Å²) in [5.74, 6) is 1.86. The minimum Gasteiger partial charge on any atom is -0.363 e. The minimum absolute atomic E-state index is 0.105. The van der Waals surface area contributed by atoms with Gasteiger partial charge in [-0.15, -0.1) is 0 Å². The van der Waals surface area contributed by atoms with Crippen LogP contribution in [0.25, 0.3) is 0 Å². The summed E-state index contributed by atoms with van der Waals surface area (Å²) in [5.41, 5.74) is 0.694. The highest BCUT2D eigenvalue weighted by Gasteiger charge is 2.38. The summed E-state index contributed by atoms with van der Waals surface area (Å²) in [7, 11) is 3.92. The number of hydrogen-bond acceptors (Lipinski definition) is 5. The molecule has 1 saturated heterocycles. The summed E-state index contributed by atoms with van der Waals surface area (Å²) >= 11 is 0. The van der Waals surface area contributed by atoms with Gasteiger partial charge in [-0.3, -0.25) is 4.79 Å². The molecule has 6 nitrogen and oxygen atoms in total. The Morgan fingerprint density at radius 2 is 2.04 bits per heavy atom. The number of carbonyl (C=O) groups excluding carboxylic acids is 1. The Labute approximate surface area is 155 Å². The quantitative estimate of drug-likeness (QED) is 0.895. The number of piperidine rings is 1. The predicted molar refractivity (Wildman–Crippen MR) is 104 cm³/mol. The van der Waals surface area contributed by atoms with E-state index in [-0.39, 0.29) is 5.91 Å². The maximum absolute atomic E-state index is 12.9. The van der Waals surface area contributed by atoms with E-state index < -0.39 is 5.41 Å². The van der Waals surface area contributed by atoms with Crippen molar-refractivity contribution in [1.82, 2.24) is 15.3 Å². The van der Waals surface area contributed by atoms with Gasteiger partial charge in [0.25, 0.3) is 0 Å². The molecule has 2 heterocycles. The topological polar surface area (TPSA) is 61.4 Å². The lowest BCUT2D eigenvalue weighted by Crippen LogP contribution is -2.50. The number of benzene rings is 1. The Bertz CT molecular complexity index is 749. The molecule has 1 aliphatic heterocycles. The second-order valence-corrected chi connectivity index (χ2v) is 7.38. The maximum Gasteiger partial charge on any atom is 0.227 e. The van der Waals surface area contributed by atoms with Crippen LogP contribution in [0.3, 0.4) is 0 Å². The molecule has 3 rings (SSSR count). The Morgan fingerprint density at radius 3 is 2.77 bits per heavy atom. The number of nitrogens with zero attached hydrogens (tertiary/aromatic N) is 4. The van der Waals surface area contributed by atoms with Crippen LogP contribution in [0.1, 0.15) is 25.3 Å². The molecule has 1 N–H and O–H groups in total. The zero-order valence-electron chi connectivity index (χ0n) is 15.8. The SMILES string of the molecule is CN(C)c1cc(N2CCC[C@](C)(C(=O)NCc3ccccc3)C2)ncn1. The molecule has 1 aromatic carbocycles. The van der Waals surface area contributed by atoms with Crippen molar-refractivity contribution in [3.63, 3.8) is 0 Å². The van der Waals surface area contributed by atoms with Gasteiger partial charge in [0.1, 0.15) is 18.0 Å². The second kappa shape index (κ2) is 7.72. The van der Waals surface area contributed by atoms with Crippen molar-refractivity contribution in [3.8, 4) is 0 Å². The Hall–Kier alpha value is -2.63. The molecule has 1 amide bonds. The largest absolute Gasteiger partial charge is 0.363 e. The van der Waals surface area contributed by atoms with E-state index in [4.69, 9.17) is 0 Å². The summed E-state index contributed by atoms with van der Waals surface area (Å²) in [5, 5.41) is 3.10. The fourth-order valence-corrected chi connectivity index (χ4v) is 3.37. The highest BCUT2D eigenvalue weighted by atomic mass is 16.2. The first kappa shape index (κ1) is 18.2. The lowest BCUT2D eigenvalue weighted by molar-refractivity contribution is -0.130. The van der Waals surface area contributed by atoms with Crippen LogP contribution in [0.4, 0.5) is 11.6 Å². The summed E-state index contributed by atoms with van der Waals surface area (Å²) in [6.45, 7) is 4.18. The van der Waals surface area contributed by atoms with Crippen LogP contribution in [0.5, 0.6) is 0 Å². The van der Waals surface area contributed by atoms with Crippen LogP contribution in [0, 0.1) is 5.41 Å². The van der Waals surface area contributed by atoms with Crippen molar-refractivity contribution >= 4 is 17.5 Å². The zero-order chi connectivity index (χ0) is 18.6. The second-order valence-electron chi connectivity index (χ2n) is 7.38. The molecule has 0 bridgehead atoms. The van der Waals surface area contributed by atoms with Gasteiger partial charge in [-0.1, -0.05) is 30.3 Å². The molecule has 0 radical (unpaired) electrons. The summed E-state index contributed by atoms with van der Waals surface area (Å²) in [6, 6.07) is 12.0. The molecule has 0 saturated carbocycles. The number of amides is 1. The molecule has 1 aliphatic rings. The third-order valence-corrected chi connectivity index (χ3v) is 4.96. The normalized spacial score (nSPS) is 19.9. The molecule has 26 heavy (non-hydrogen) atoms. The van der Waals surface area contributed by atoms with E-state index in [0.29, 0.717) is 13.1 Å².